The van der Waals surface area contributed by atoms with Gasteiger partial charge in [0.2, 0.25) is 0 Å². The lowest BCUT2D eigenvalue weighted by atomic mass is 10.0. The molecular formula is C22H22ClF2N3O4. The van der Waals surface area contributed by atoms with Gasteiger partial charge in [-0.25, -0.2) is 18.6 Å². The number of piperidine rings is 1. The number of benzene rings is 1. The normalized spacial score (nSPS) is 19.4. The van der Waals surface area contributed by atoms with Crippen LogP contribution in [0.15, 0.2) is 30.5 Å². The minimum absolute atomic E-state index is 0.00532. The van der Waals surface area contributed by atoms with Crippen molar-refractivity contribution in [1.82, 2.24) is 9.88 Å². The number of aromatic nitrogens is 1. The van der Waals surface area contributed by atoms with E-state index in [2.05, 4.69) is 9.72 Å². The molecule has 1 unspecified atom stereocenters. The SMILES string of the molecule is COC(=O)c1ccc(OC2CCN(C3CCN(c4ncc(Cl)cc4F)CC3)C2=O)c(F)c1. The molecule has 2 aromatic rings. The van der Waals surface area contributed by atoms with Crippen LogP contribution in [0, 0.1) is 11.6 Å². The molecule has 0 aliphatic carbocycles. The number of carbonyl (C=O) groups excluding carboxylic acids is 2. The molecule has 0 bridgehead atoms. The molecule has 2 fully saturated rings. The zero-order valence-corrected chi connectivity index (χ0v) is 18.1. The van der Waals surface area contributed by atoms with Gasteiger partial charge in [0.05, 0.1) is 17.7 Å². The fourth-order valence-corrected chi connectivity index (χ4v) is 4.32. The highest BCUT2D eigenvalue weighted by molar-refractivity contribution is 6.30. The molecule has 0 radical (unpaired) electrons. The van der Waals surface area contributed by atoms with E-state index in [-0.39, 0.29) is 34.1 Å². The first kappa shape index (κ1) is 22.3. The van der Waals surface area contributed by atoms with Crippen molar-refractivity contribution in [3.63, 3.8) is 0 Å². The Balaban J connectivity index is 1.35. The molecule has 1 atom stereocenters. The molecule has 2 aliphatic rings. The maximum absolute atomic E-state index is 14.3. The van der Waals surface area contributed by atoms with Crippen LogP contribution in [0.3, 0.4) is 0 Å². The van der Waals surface area contributed by atoms with E-state index in [0.717, 1.165) is 6.07 Å². The van der Waals surface area contributed by atoms with E-state index in [4.69, 9.17) is 16.3 Å². The maximum atomic E-state index is 14.3. The van der Waals surface area contributed by atoms with Crippen molar-refractivity contribution in [2.24, 2.45) is 0 Å². The summed E-state index contributed by atoms with van der Waals surface area (Å²) < 4.78 is 38.7. The zero-order valence-electron chi connectivity index (χ0n) is 17.4. The van der Waals surface area contributed by atoms with Crippen molar-refractivity contribution >= 4 is 29.3 Å². The summed E-state index contributed by atoms with van der Waals surface area (Å²) in [6.45, 7) is 1.61. The van der Waals surface area contributed by atoms with Crippen molar-refractivity contribution in [2.75, 3.05) is 31.6 Å². The minimum atomic E-state index is -0.790. The van der Waals surface area contributed by atoms with Gasteiger partial charge in [0, 0.05) is 38.3 Å². The summed E-state index contributed by atoms with van der Waals surface area (Å²) in [5.41, 5.74) is 0.0649. The van der Waals surface area contributed by atoms with Crippen LogP contribution in [-0.2, 0) is 9.53 Å². The van der Waals surface area contributed by atoms with Gasteiger partial charge in [0.1, 0.15) is 0 Å². The molecule has 7 nitrogen and oxygen atoms in total. The van der Waals surface area contributed by atoms with E-state index in [0.29, 0.717) is 38.9 Å². The number of hydrogen-bond acceptors (Lipinski definition) is 6. The molecule has 3 heterocycles. The molecular weight excluding hydrogens is 444 g/mol. The van der Waals surface area contributed by atoms with E-state index >= 15 is 0 Å². The quantitative estimate of drug-likeness (QED) is 0.630. The third-order valence-corrected chi connectivity index (χ3v) is 6.01. The van der Waals surface area contributed by atoms with Crippen LogP contribution in [-0.4, -0.2) is 60.7 Å². The number of anilines is 1. The van der Waals surface area contributed by atoms with Crippen LogP contribution < -0.4 is 9.64 Å². The highest BCUT2D eigenvalue weighted by Crippen LogP contribution is 2.29. The molecule has 1 aromatic carbocycles. The van der Waals surface area contributed by atoms with Gasteiger partial charge in [0.15, 0.2) is 29.3 Å². The number of nitrogens with zero attached hydrogens (tertiary/aromatic N) is 3. The van der Waals surface area contributed by atoms with E-state index in [1.165, 1.54) is 31.5 Å². The van der Waals surface area contributed by atoms with E-state index in [1.54, 1.807) is 4.90 Å². The van der Waals surface area contributed by atoms with Crippen molar-refractivity contribution in [2.45, 2.75) is 31.4 Å². The molecule has 10 heteroatoms. The number of esters is 1. The van der Waals surface area contributed by atoms with Crippen LogP contribution in [0.5, 0.6) is 5.75 Å². The lowest BCUT2D eigenvalue weighted by molar-refractivity contribution is -0.135. The number of pyridine rings is 1. The number of carbonyl (C=O) groups is 2. The predicted molar refractivity (Wildman–Crippen MR) is 113 cm³/mol. The number of hydrogen-bond donors (Lipinski definition) is 0. The Morgan fingerprint density at radius 2 is 1.88 bits per heavy atom. The van der Waals surface area contributed by atoms with Gasteiger partial charge in [-0.15, -0.1) is 0 Å². The second-order valence-corrected chi connectivity index (χ2v) is 8.18. The summed E-state index contributed by atoms with van der Waals surface area (Å²) in [7, 11) is 1.21. The monoisotopic (exact) mass is 465 g/mol. The average Bonchev–Trinajstić information content (AvgIpc) is 3.15. The highest BCUT2D eigenvalue weighted by atomic mass is 35.5. The van der Waals surface area contributed by atoms with Gasteiger partial charge < -0.3 is 19.3 Å². The lowest BCUT2D eigenvalue weighted by Crippen LogP contribution is -2.47. The summed E-state index contributed by atoms with van der Waals surface area (Å²) in [4.78, 5) is 32.1. The molecule has 0 saturated carbocycles. The van der Waals surface area contributed by atoms with Crippen molar-refractivity contribution in [3.05, 3.63) is 52.7 Å². The molecule has 2 aliphatic heterocycles. The van der Waals surface area contributed by atoms with Crippen LogP contribution in [0.4, 0.5) is 14.6 Å². The molecule has 0 spiro atoms. The first-order valence-corrected chi connectivity index (χ1v) is 10.7. The Morgan fingerprint density at radius 3 is 2.53 bits per heavy atom. The first-order valence-electron chi connectivity index (χ1n) is 10.3. The Labute approximate surface area is 188 Å². The largest absolute Gasteiger partial charge is 0.477 e. The minimum Gasteiger partial charge on any atom is -0.477 e. The van der Waals surface area contributed by atoms with Crippen LogP contribution >= 0.6 is 11.6 Å². The lowest BCUT2D eigenvalue weighted by Gasteiger charge is -2.37. The number of likely N-dealkylation sites (tertiary alicyclic amines) is 1. The maximum Gasteiger partial charge on any atom is 0.337 e. The molecule has 0 N–H and O–H groups in total. The number of amides is 1. The predicted octanol–water partition coefficient (Wildman–Crippen LogP) is 3.45. The molecule has 32 heavy (non-hydrogen) atoms. The molecule has 4 rings (SSSR count). The molecule has 170 valence electrons. The van der Waals surface area contributed by atoms with Gasteiger partial charge >= 0.3 is 5.97 Å². The van der Waals surface area contributed by atoms with Crippen LogP contribution in [0.25, 0.3) is 0 Å². The third-order valence-electron chi connectivity index (χ3n) is 5.81. The Morgan fingerprint density at radius 1 is 1.12 bits per heavy atom. The number of ether oxygens (including phenoxy) is 2. The highest BCUT2D eigenvalue weighted by Gasteiger charge is 2.39. The third kappa shape index (κ3) is 4.48. The Bertz CT molecular complexity index is 1030. The van der Waals surface area contributed by atoms with Gasteiger partial charge in [-0.3, -0.25) is 4.79 Å². The van der Waals surface area contributed by atoms with Crippen molar-refractivity contribution in [3.8, 4) is 5.75 Å². The van der Waals surface area contributed by atoms with Gasteiger partial charge in [0.25, 0.3) is 5.91 Å². The fourth-order valence-electron chi connectivity index (χ4n) is 4.17. The van der Waals surface area contributed by atoms with Gasteiger partial charge in [-0.2, -0.15) is 0 Å². The molecule has 2 saturated heterocycles. The average molecular weight is 466 g/mol. The van der Waals surface area contributed by atoms with Gasteiger partial charge in [-0.1, -0.05) is 11.6 Å². The van der Waals surface area contributed by atoms with E-state index < -0.39 is 23.7 Å². The van der Waals surface area contributed by atoms with Gasteiger partial charge in [-0.05, 0) is 37.1 Å². The summed E-state index contributed by atoms with van der Waals surface area (Å²) >= 11 is 5.77. The van der Waals surface area contributed by atoms with E-state index in [9.17, 15) is 18.4 Å². The summed E-state index contributed by atoms with van der Waals surface area (Å²) in [6, 6.07) is 4.97. The smallest absolute Gasteiger partial charge is 0.337 e. The topological polar surface area (TPSA) is 72.0 Å². The summed E-state index contributed by atoms with van der Waals surface area (Å²) in [5, 5.41) is 0.242. The Hall–Kier alpha value is -2.94. The zero-order chi connectivity index (χ0) is 22.8. The number of methoxy groups -OCH3 is 1. The van der Waals surface area contributed by atoms with Crippen molar-refractivity contribution < 1.29 is 27.8 Å². The standard InChI is InChI=1S/C22H22ClF2N3O4/c1-31-22(30)13-2-3-18(16(24)10-13)32-19-6-9-28(21(19)29)15-4-7-27(8-5-15)20-17(25)11-14(23)12-26-20/h2-3,10-12,15,19H,4-9H2,1H3. The van der Waals surface area contributed by atoms with E-state index in [1.807, 2.05) is 4.90 Å². The number of halogens is 3. The molecule has 1 aromatic heterocycles. The van der Waals surface area contributed by atoms with Crippen LogP contribution in [0.1, 0.15) is 29.6 Å². The second kappa shape index (κ2) is 9.28. The van der Waals surface area contributed by atoms with Crippen molar-refractivity contribution in [1.29, 1.82) is 0 Å². The summed E-state index contributed by atoms with van der Waals surface area (Å²) in [5.74, 6) is -1.88. The first-order chi connectivity index (χ1) is 15.4. The molecule has 1 amide bonds. The number of rotatable bonds is 5. The van der Waals surface area contributed by atoms with Crippen LogP contribution in [0.2, 0.25) is 5.02 Å². The Kier molecular flexibility index (Phi) is 6.45. The fraction of sp³-hybridized carbons (Fsp3) is 0.409. The summed E-state index contributed by atoms with van der Waals surface area (Å²) in [6.07, 6.45) is 2.37. The second-order valence-electron chi connectivity index (χ2n) is 7.74.